The number of imidazole rings is 3. The minimum absolute atomic E-state index is 0.0808. The zero-order valence-electron chi connectivity index (χ0n) is 40.1. The van der Waals surface area contributed by atoms with Gasteiger partial charge in [-0.1, -0.05) is 11.2 Å². The van der Waals surface area contributed by atoms with Crippen molar-refractivity contribution in [2.75, 3.05) is 44.9 Å². The van der Waals surface area contributed by atoms with Gasteiger partial charge < -0.3 is 71.0 Å². The summed E-state index contributed by atoms with van der Waals surface area (Å²) in [6.07, 6.45) is -10.5. The Morgan fingerprint density at radius 1 is 0.709 bits per heavy atom. The first-order valence-corrected chi connectivity index (χ1v) is 28.7. The maximum atomic E-state index is 13.8. The third-order valence-electron chi connectivity index (χ3n) is 12.3. The lowest BCUT2D eigenvalue weighted by molar-refractivity contribution is -0.0587. The molecular formula is C35H47N17O23P4. The average molecular weight is 1200 g/mol. The van der Waals surface area contributed by atoms with E-state index in [0.29, 0.717) is 12.8 Å². The predicted molar refractivity (Wildman–Crippen MR) is 259 cm³/mol. The number of nitrogens with zero attached hydrogens (tertiary/aromatic N) is 12. The number of nitrogens with one attached hydrogen (secondary N) is 2. The van der Waals surface area contributed by atoms with Crippen molar-refractivity contribution < 1.29 is 98.8 Å². The Morgan fingerprint density at radius 2 is 1.24 bits per heavy atom. The van der Waals surface area contributed by atoms with Crippen molar-refractivity contribution in [3.8, 4) is 0 Å². The number of H-pyrrole nitrogens is 2. The molecule has 9 rings (SSSR count). The second-order valence-corrected chi connectivity index (χ2v) is 23.4. The lowest BCUT2D eigenvalue weighted by atomic mass is 9.98. The van der Waals surface area contributed by atoms with Gasteiger partial charge in [0, 0.05) is 30.7 Å². The molecule has 0 radical (unpaired) electrons. The van der Waals surface area contributed by atoms with Gasteiger partial charge in [0.1, 0.15) is 48.4 Å². The monoisotopic (exact) mass is 1200 g/mol. The summed E-state index contributed by atoms with van der Waals surface area (Å²) in [6.45, 7) is -3.84. The highest BCUT2D eigenvalue weighted by molar-refractivity contribution is 7.66. The highest BCUT2D eigenvalue weighted by Crippen LogP contribution is 2.68. The van der Waals surface area contributed by atoms with E-state index >= 15 is 0 Å². The number of fused-ring (bicyclic) bond motifs is 3. The maximum Gasteiger partial charge on any atom is 0.490 e. The highest BCUT2D eigenvalue weighted by Gasteiger charge is 2.54. The molecule has 4 aliphatic rings. The molecule has 430 valence electrons. The van der Waals surface area contributed by atoms with E-state index < -0.39 is 142 Å². The Kier molecular flexibility index (Phi) is 16.6. The number of phosphoric acid groups is 4. The van der Waals surface area contributed by atoms with Crippen molar-refractivity contribution in [2.45, 2.75) is 80.4 Å². The number of methoxy groups -OCH3 is 1. The Bertz CT molecular complexity index is 3550. The number of nitrogen functional groups attached to an aromatic ring is 2. The Hall–Kier alpha value is -5.73. The molecule has 0 amide bonds. The molecule has 4 aliphatic heterocycles. The molecule has 15 N–H and O–H groups in total. The Labute approximate surface area is 438 Å². The van der Waals surface area contributed by atoms with E-state index in [4.69, 9.17) is 59.8 Å². The predicted octanol–water partition coefficient (Wildman–Crippen LogP) is -1.30. The molecule has 0 saturated carbocycles. The van der Waals surface area contributed by atoms with Gasteiger partial charge in [0.25, 0.3) is 11.1 Å². The summed E-state index contributed by atoms with van der Waals surface area (Å²) >= 11 is 0. The first kappa shape index (κ1) is 57.9. The quantitative estimate of drug-likeness (QED) is 0.0176. The molecule has 3 saturated heterocycles. The van der Waals surface area contributed by atoms with E-state index in [9.17, 15) is 62.7 Å². The van der Waals surface area contributed by atoms with Crippen molar-refractivity contribution in [2.24, 2.45) is 21.8 Å². The molecule has 40 nitrogen and oxygen atoms in total. The molecule has 44 heteroatoms. The number of ether oxygens (including phenoxy) is 4. The summed E-state index contributed by atoms with van der Waals surface area (Å²) in [5.41, 5.74) is 24.7. The number of hydrogen-bond donors (Lipinski definition) is 12. The van der Waals surface area contributed by atoms with Gasteiger partial charge in [-0.25, -0.2) is 38.2 Å². The van der Waals surface area contributed by atoms with E-state index in [1.807, 2.05) is 0 Å². The van der Waals surface area contributed by atoms with Crippen LogP contribution < -0.4 is 28.3 Å². The number of aliphatic hydroxyl groups excluding tert-OH is 3. The fraction of sp³-hybridized carbons (Fsp3) is 0.543. The number of aliphatic imine (C=N–C) groups is 1. The zero-order valence-corrected chi connectivity index (χ0v) is 43.7. The molecule has 0 aromatic carbocycles. The van der Waals surface area contributed by atoms with Crippen molar-refractivity contribution in [1.29, 1.82) is 0 Å². The topological polar surface area (TPSA) is 586 Å². The van der Waals surface area contributed by atoms with E-state index in [0.717, 1.165) is 28.9 Å². The minimum atomic E-state index is -6.23. The van der Waals surface area contributed by atoms with Crippen LogP contribution in [0.2, 0.25) is 0 Å². The summed E-state index contributed by atoms with van der Waals surface area (Å²) < 4.78 is 109. The SMILES string of the molecule is CO[C@@H]1[C@H](OP(=O)(O)OC[C@H]2O[C@@H](n3cnc4c(=O)[nH]c(N)nc43)[C@H](O)[C@@H]2O)[C@@H](COP(=O)(O)OP(=O)(O)OP(=O)(O)OC[C@H]2O[C@@H](n3cnc4c(=O)[nH]c(N)nc43)[C@H](O)[C@@H]2CN=[N+]=[N-])O[C@H]1n1cnc2c1/N=C\CC/C=C\2N. The zero-order chi connectivity index (χ0) is 56.9. The molecule has 0 aliphatic carbocycles. The first-order valence-electron chi connectivity index (χ1n) is 22.7. The number of phosphoric ester groups is 3. The number of aromatic amines is 2. The maximum absolute atomic E-state index is 13.8. The first-order chi connectivity index (χ1) is 37.3. The van der Waals surface area contributed by atoms with Gasteiger partial charge in [0.05, 0.1) is 50.6 Å². The molecule has 5 aromatic rings. The fourth-order valence-electron chi connectivity index (χ4n) is 8.78. The van der Waals surface area contributed by atoms with Crippen LogP contribution in [0.1, 0.15) is 37.2 Å². The smallest absolute Gasteiger partial charge is 0.397 e. The fourth-order valence-corrected chi connectivity index (χ4v) is 13.3. The molecule has 79 heavy (non-hydrogen) atoms. The van der Waals surface area contributed by atoms with Gasteiger partial charge in [-0.05, 0) is 18.4 Å². The van der Waals surface area contributed by atoms with Crippen LogP contribution in [0.3, 0.4) is 0 Å². The minimum Gasteiger partial charge on any atom is -0.397 e. The lowest BCUT2D eigenvalue weighted by Crippen LogP contribution is -2.38. The van der Waals surface area contributed by atoms with E-state index in [1.165, 1.54) is 17.1 Å². The van der Waals surface area contributed by atoms with Crippen molar-refractivity contribution in [3.63, 3.8) is 0 Å². The van der Waals surface area contributed by atoms with E-state index in [-0.39, 0.29) is 51.4 Å². The molecule has 16 atom stereocenters. The van der Waals surface area contributed by atoms with Crippen molar-refractivity contribution in [3.05, 3.63) is 61.9 Å². The largest absolute Gasteiger partial charge is 0.490 e. The lowest BCUT2D eigenvalue weighted by Gasteiger charge is -2.26. The molecule has 9 heterocycles. The standard InChI is InChI=1S/C35H47N17O23P4/c1-66-25-24(73-76(58,59)67-8-16-22(54)23(55)32(71-16)52-12-43-20-28(52)46-35(38)48-30(20)57)17(72-33(25)50-10-41-18-14(36)4-2-3-5-40-26(18)50)9-69-78(62,63)75-79(64,65)74-77(60,61)68-7-15-13(6-44-49-39)21(53)31(70-15)51-11-42-19-27(51)45-34(37)47-29(19)56/h4-5,10-13,15-17,21-25,31-33,53-55H,2-3,6-9,36H2,1H3,(H,58,59)(H,60,61)(H,62,63)(H,64,65)(H3,37,45,47,56)(H3,38,46,48,57)/b14-4+,40-5-/t13-,15-,16-,17-,21-,22-,23-,24-,25-,31-,32-,33-/m1/s1. The molecule has 3 fully saturated rings. The third-order valence-corrected chi connectivity index (χ3v) is 17.5. The molecule has 4 unspecified atom stereocenters. The van der Waals surface area contributed by atoms with E-state index in [2.05, 4.69) is 58.5 Å². The van der Waals surface area contributed by atoms with E-state index in [1.54, 1.807) is 6.08 Å². The van der Waals surface area contributed by atoms with Crippen LogP contribution >= 0.6 is 31.3 Å². The van der Waals surface area contributed by atoms with Gasteiger partial charge >= 0.3 is 31.3 Å². The van der Waals surface area contributed by atoms with Gasteiger partial charge in [-0.3, -0.25) is 51.4 Å². The second-order valence-electron chi connectivity index (χ2n) is 17.4. The summed E-state index contributed by atoms with van der Waals surface area (Å²) in [5.74, 6) is -1.81. The number of aliphatic hydroxyl groups is 3. The van der Waals surface area contributed by atoms with Crippen LogP contribution in [-0.4, -0.2) is 172 Å². The number of aromatic nitrogens is 10. The molecular weight excluding hydrogens is 1150 g/mol. The van der Waals surface area contributed by atoms with Crippen molar-refractivity contribution >= 4 is 83.2 Å². The van der Waals surface area contributed by atoms with Gasteiger partial charge in [0.15, 0.2) is 46.8 Å². The van der Waals surface area contributed by atoms with Crippen LogP contribution in [-0.2, 0) is 63.9 Å². The summed E-state index contributed by atoms with van der Waals surface area (Å²) in [4.78, 5) is 99.2. The molecule has 0 spiro atoms. The van der Waals surface area contributed by atoms with Gasteiger partial charge in [-0.15, -0.1) is 0 Å². The van der Waals surface area contributed by atoms with Crippen LogP contribution in [0.4, 0.5) is 17.7 Å². The van der Waals surface area contributed by atoms with Crippen LogP contribution in [0, 0.1) is 5.92 Å². The summed E-state index contributed by atoms with van der Waals surface area (Å²) in [6, 6.07) is 0. The normalized spacial score (nSPS) is 31.3. The number of hydrogen-bond acceptors (Lipinski definition) is 29. The number of allylic oxidation sites excluding steroid dienone is 1. The molecule has 0 bridgehead atoms. The number of nitrogens with two attached hydrogens (primary N) is 3. The van der Waals surface area contributed by atoms with Gasteiger partial charge in [0.2, 0.25) is 11.9 Å². The van der Waals surface area contributed by atoms with Crippen LogP contribution in [0.25, 0.3) is 38.5 Å². The van der Waals surface area contributed by atoms with Gasteiger partial charge in [-0.2, -0.15) is 18.6 Å². The number of rotatable bonds is 21. The van der Waals surface area contributed by atoms with Crippen molar-refractivity contribution in [1.82, 2.24) is 48.6 Å². The Balaban J connectivity index is 0.882. The van der Waals surface area contributed by atoms with Crippen LogP contribution in [0.15, 0.2) is 44.8 Å². The average Bonchev–Trinajstić information content (AvgIpc) is 4.41. The van der Waals surface area contributed by atoms with Crippen LogP contribution in [0.5, 0.6) is 0 Å². The Morgan fingerprint density at radius 3 is 1.84 bits per heavy atom. The number of azide groups is 1. The summed E-state index contributed by atoms with van der Waals surface area (Å²) in [7, 11) is -22.4. The third kappa shape index (κ3) is 12.3. The number of anilines is 2. The highest BCUT2D eigenvalue weighted by atomic mass is 31.3. The summed E-state index contributed by atoms with van der Waals surface area (Å²) in [5, 5.41) is 36.4. The molecule has 5 aromatic heterocycles. The second kappa shape index (κ2) is 22.7.